The molecule has 3 heterocycles. The molecule has 0 saturated carbocycles. The maximum atomic E-state index is 14.3. The first kappa shape index (κ1) is 23.4. The van der Waals surface area contributed by atoms with Crippen molar-refractivity contribution in [3.8, 4) is 5.75 Å². The van der Waals surface area contributed by atoms with Gasteiger partial charge in [-0.15, -0.1) is 0 Å². The number of rotatable bonds is 5. The molecule has 2 amide bonds. The number of carbonyl (C=O) groups excluding carboxylic acids is 2. The fourth-order valence-electron chi connectivity index (χ4n) is 4.17. The number of amides is 2. The molecule has 1 aliphatic heterocycles. The van der Waals surface area contributed by atoms with E-state index in [0.29, 0.717) is 5.69 Å². The van der Waals surface area contributed by atoms with Crippen LogP contribution in [0.2, 0.25) is 0 Å². The Kier molecular flexibility index (Phi) is 5.84. The zero-order valence-corrected chi connectivity index (χ0v) is 18.9. The second-order valence-corrected chi connectivity index (χ2v) is 8.45. The summed E-state index contributed by atoms with van der Waals surface area (Å²) in [6.07, 6.45) is 2.86. The Hall–Kier alpha value is -4.38. The summed E-state index contributed by atoms with van der Waals surface area (Å²) in [6, 6.07) is 7.52. The molecule has 0 saturated heterocycles. The van der Waals surface area contributed by atoms with Gasteiger partial charge in [-0.2, -0.15) is 4.39 Å². The number of aliphatic hydroxyl groups is 1. The number of ether oxygens (including phenoxy) is 1. The first-order valence-electron chi connectivity index (χ1n) is 11.1. The Morgan fingerprint density at radius 2 is 2.08 bits per heavy atom. The topological polar surface area (TPSA) is 123 Å². The van der Waals surface area contributed by atoms with Crippen molar-refractivity contribution in [1.29, 1.82) is 0 Å². The molecule has 184 valence electrons. The van der Waals surface area contributed by atoms with Gasteiger partial charge in [-0.05, 0) is 37.3 Å². The predicted octanol–water partition coefficient (Wildman–Crippen LogP) is 2.51. The monoisotopic (exact) mass is 494 g/mol. The molecule has 11 heteroatoms. The third-order valence-corrected chi connectivity index (χ3v) is 6.03. The summed E-state index contributed by atoms with van der Waals surface area (Å²) in [5.74, 6) is -4.57. The lowest BCUT2D eigenvalue weighted by Crippen LogP contribution is -2.47. The van der Waals surface area contributed by atoms with Crippen LogP contribution in [0.4, 0.5) is 14.5 Å². The van der Waals surface area contributed by atoms with Gasteiger partial charge in [-0.3, -0.25) is 19.4 Å². The second-order valence-electron chi connectivity index (χ2n) is 8.45. The lowest BCUT2D eigenvalue weighted by molar-refractivity contribution is -0.118. The van der Waals surface area contributed by atoms with Gasteiger partial charge in [0.1, 0.15) is 18.2 Å². The van der Waals surface area contributed by atoms with Crippen molar-refractivity contribution in [1.82, 2.24) is 14.9 Å². The summed E-state index contributed by atoms with van der Waals surface area (Å²) in [4.78, 5) is 43.0. The lowest BCUT2D eigenvalue weighted by Gasteiger charge is -2.27. The van der Waals surface area contributed by atoms with Crippen LogP contribution in [0.5, 0.6) is 5.75 Å². The van der Waals surface area contributed by atoms with Crippen molar-refractivity contribution in [2.75, 3.05) is 18.5 Å². The van der Waals surface area contributed by atoms with E-state index in [1.54, 1.807) is 37.4 Å². The van der Waals surface area contributed by atoms with Crippen molar-refractivity contribution in [3.63, 3.8) is 0 Å². The number of nitrogens with one attached hydrogen (secondary N) is 2. The third kappa shape index (κ3) is 3.93. The van der Waals surface area contributed by atoms with Gasteiger partial charge in [0.15, 0.2) is 11.6 Å². The summed E-state index contributed by atoms with van der Waals surface area (Å²) < 4.78 is 35.2. The Balaban J connectivity index is 1.44. The van der Waals surface area contributed by atoms with Crippen LogP contribution in [0.3, 0.4) is 0 Å². The number of aliphatic hydroxyl groups excluding tert-OH is 1. The molecule has 0 spiro atoms. The number of benzene rings is 2. The van der Waals surface area contributed by atoms with Crippen LogP contribution in [-0.2, 0) is 4.79 Å². The number of nitrogens with zero attached hydrogens (tertiary/aromatic N) is 2. The Labute approximate surface area is 202 Å². The molecule has 2 atom stereocenters. The highest BCUT2D eigenvalue weighted by molar-refractivity contribution is 6.03. The van der Waals surface area contributed by atoms with E-state index in [0.717, 1.165) is 17.0 Å². The number of fused-ring (bicyclic) bond motifs is 1. The fraction of sp³-hybridized carbons (Fsp3) is 0.200. The SMILES string of the molecule is CC1COc2c(F)c(F)cc3c(=O)c(C(=O)NC(CO)C(=O)Nc4ccc5ncccc5c4)cn1c23. The number of carbonyl (C=O) groups is 2. The minimum atomic E-state index is -1.39. The van der Waals surface area contributed by atoms with E-state index in [1.165, 1.54) is 10.8 Å². The standard InChI is InChI=1S/C25H20F2N4O5/c1-12-11-36-23-20(27)17(26)8-15-21(23)31(12)9-16(22(15)33)24(34)30-19(10-32)25(35)29-14-4-5-18-13(7-14)3-2-6-28-18/h2-9,12,19,32H,10-11H2,1H3,(H,29,35)(H,30,34). The zero-order chi connectivity index (χ0) is 25.6. The molecule has 0 bridgehead atoms. The van der Waals surface area contributed by atoms with E-state index >= 15 is 0 Å². The van der Waals surface area contributed by atoms with Gasteiger partial charge >= 0.3 is 0 Å². The highest BCUT2D eigenvalue weighted by Gasteiger charge is 2.29. The number of anilines is 1. The smallest absolute Gasteiger partial charge is 0.257 e. The Morgan fingerprint density at radius 3 is 2.86 bits per heavy atom. The maximum Gasteiger partial charge on any atom is 0.257 e. The van der Waals surface area contributed by atoms with Crippen LogP contribution < -0.4 is 20.8 Å². The van der Waals surface area contributed by atoms with E-state index in [2.05, 4.69) is 15.6 Å². The van der Waals surface area contributed by atoms with Crippen molar-refractivity contribution < 1.29 is 28.2 Å². The first-order chi connectivity index (χ1) is 17.3. The van der Waals surface area contributed by atoms with Gasteiger partial charge in [0.2, 0.25) is 17.2 Å². The minimum absolute atomic E-state index is 0.00461. The van der Waals surface area contributed by atoms with Crippen molar-refractivity contribution in [2.45, 2.75) is 19.0 Å². The molecule has 36 heavy (non-hydrogen) atoms. The summed E-state index contributed by atoms with van der Waals surface area (Å²) in [6.45, 7) is 0.969. The van der Waals surface area contributed by atoms with Gasteiger partial charge in [0, 0.05) is 23.5 Å². The molecular formula is C25H20F2N4O5. The summed E-state index contributed by atoms with van der Waals surface area (Å²) in [7, 11) is 0. The molecular weight excluding hydrogens is 474 g/mol. The molecule has 2 unspecified atom stereocenters. The minimum Gasteiger partial charge on any atom is -0.486 e. The molecule has 2 aromatic carbocycles. The molecule has 0 radical (unpaired) electrons. The lowest BCUT2D eigenvalue weighted by atomic mass is 10.1. The van der Waals surface area contributed by atoms with E-state index in [4.69, 9.17) is 4.74 Å². The molecule has 5 rings (SSSR count). The summed E-state index contributed by atoms with van der Waals surface area (Å²) in [5, 5.41) is 15.3. The molecule has 0 aliphatic carbocycles. The van der Waals surface area contributed by atoms with Gasteiger partial charge in [0.05, 0.1) is 29.1 Å². The highest BCUT2D eigenvalue weighted by Crippen LogP contribution is 2.35. The second kappa shape index (κ2) is 9.00. The van der Waals surface area contributed by atoms with Gasteiger partial charge in [-0.1, -0.05) is 6.07 Å². The average Bonchev–Trinajstić information content (AvgIpc) is 2.87. The molecule has 1 aliphatic rings. The van der Waals surface area contributed by atoms with Crippen LogP contribution in [0.15, 0.2) is 53.6 Å². The summed E-state index contributed by atoms with van der Waals surface area (Å²) in [5.41, 5.74) is -0.0759. The Morgan fingerprint density at radius 1 is 1.28 bits per heavy atom. The Bertz CT molecular complexity index is 1600. The van der Waals surface area contributed by atoms with Crippen LogP contribution in [0.1, 0.15) is 23.3 Å². The van der Waals surface area contributed by atoms with Gasteiger partial charge in [0.25, 0.3) is 5.91 Å². The van der Waals surface area contributed by atoms with E-state index in [-0.39, 0.29) is 17.5 Å². The third-order valence-electron chi connectivity index (χ3n) is 6.03. The average molecular weight is 494 g/mol. The van der Waals surface area contributed by atoms with Gasteiger partial charge < -0.3 is 25.0 Å². The van der Waals surface area contributed by atoms with E-state index in [1.807, 2.05) is 6.07 Å². The van der Waals surface area contributed by atoms with Crippen LogP contribution >= 0.6 is 0 Å². The van der Waals surface area contributed by atoms with Crippen molar-refractivity contribution in [3.05, 3.63) is 76.2 Å². The largest absolute Gasteiger partial charge is 0.486 e. The molecule has 3 N–H and O–H groups in total. The molecule has 0 fully saturated rings. The number of halogens is 2. The molecule has 9 nitrogen and oxygen atoms in total. The number of hydrogen-bond donors (Lipinski definition) is 3. The van der Waals surface area contributed by atoms with E-state index in [9.17, 15) is 28.3 Å². The molecule has 4 aromatic rings. The normalized spacial score (nSPS) is 15.4. The zero-order valence-electron chi connectivity index (χ0n) is 18.9. The number of aromatic nitrogens is 2. The van der Waals surface area contributed by atoms with Crippen LogP contribution in [-0.4, -0.2) is 45.7 Å². The highest BCUT2D eigenvalue weighted by atomic mass is 19.2. The van der Waals surface area contributed by atoms with Crippen molar-refractivity contribution >= 4 is 39.3 Å². The molecule has 2 aromatic heterocycles. The fourth-order valence-corrected chi connectivity index (χ4v) is 4.17. The van der Waals surface area contributed by atoms with Gasteiger partial charge in [-0.25, -0.2) is 4.39 Å². The van der Waals surface area contributed by atoms with Crippen molar-refractivity contribution in [2.24, 2.45) is 0 Å². The van der Waals surface area contributed by atoms with Crippen LogP contribution in [0, 0.1) is 11.6 Å². The predicted molar refractivity (Wildman–Crippen MR) is 127 cm³/mol. The maximum absolute atomic E-state index is 14.3. The number of hydrogen-bond acceptors (Lipinski definition) is 6. The number of pyridine rings is 2. The first-order valence-corrected chi connectivity index (χ1v) is 11.1. The van der Waals surface area contributed by atoms with Crippen LogP contribution in [0.25, 0.3) is 21.8 Å². The van der Waals surface area contributed by atoms with E-state index < -0.39 is 58.9 Å². The quantitative estimate of drug-likeness (QED) is 0.392. The summed E-state index contributed by atoms with van der Waals surface area (Å²) >= 11 is 0.